The summed E-state index contributed by atoms with van der Waals surface area (Å²) in [6, 6.07) is 10.5. The standard InChI is InChI=1S/C19H15ClFNO4/c20-13-5-1-12(2-6-13)17(24)15-16(11-3-7-14(21)8-4-11)22(9-10-23)19(26)18(15)25/h1-8,16,23-24H,9-10H2/t16-/m0/s1. The largest absolute Gasteiger partial charge is 0.507 e. The molecule has 0 unspecified atom stereocenters. The van der Waals surface area contributed by atoms with Gasteiger partial charge < -0.3 is 15.1 Å². The van der Waals surface area contributed by atoms with E-state index in [0.717, 1.165) is 4.90 Å². The van der Waals surface area contributed by atoms with E-state index in [4.69, 9.17) is 11.6 Å². The van der Waals surface area contributed by atoms with Crippen LogP contribution in [0.2, 0.25) is 5.02 Å². The lowest BCUT2D eigenvalue weighted by Crippen LogP contribution is -2.32. The molecule has 1 aliphatic rings. The van der Waals surface area contributed by atoms with Crippen LogP contribution < -0.4 is 0 Å². The summed E-state index contributed by atoms with van der Waals surface area (Å²) in [5.74, 6) is -2.51. The lowest BCUT2D eigenvalue weighted by Gasteiger charge is -2.24. The maximum Gasteiger partial charge on any atom is 0.295 e. The normalized spacial score (nSPS) is 19.2. The Morgan fingerprint density at radius 2 is 1.69 bits per heavy atom. The van der Waals surface area contributed by atoms with Crippen molar-refractivity contribution in [2.75, 3.05) is 13.2 Å². The maximum absolute atomic E-state index is 13.3. The highest BCUT2D eigenvalue weighted by Crippen LogP contribution is 2.39. The molecule has 1 atom stereocenters. The van der Waals surface area contributed by atoms with E-state index in [1.807, 2.05) is 0 Å². The zero-order chi connectivity index (χ0) is 18.8. The molecule has 3 rings (SSSR count). The number of aliphatic hydroxyl groups is 2. The van der Waals surface area contributed by atoms with Crippen molar-refractivity contribution in [2.45, 2.75) is 6.04 Å². The fourth-order valence-electron chi connectivity index (χ4n) is 2.97. The number of hydrogen-bond acceptors (Lipinski definition) is 4. The second kappa shape index (κ2) is 7.27. The van der Waals surface area contributed by atoms with Crippen molar-refractivity contribution < 1.29 is 24.2 Å². The molecule has 7 heteroatoms. The minimum atomic E-state index is -0.918. The monoisotopic (exact) mass is 375 g/mol. The maximum atomic E-state index is 13.3. The molecule has 2 aromatic carbocycles. The SMILES string of the molecule is O=C1C(=O)N(CCO)[C@@H](c2ccc(F)cc2)C1=C(O)c1ccc(Cl)cc1. The Balaban J connectivity index is 2.17. The average Bonchev–Trinajstić information content (AvgIpc) is 2.88. The first-order valence-electron chi connectivity index (χ1n) is 7.84. The third-order valence-electron chi connectivity index (χ3n) is 4.18. The number of carbonyl (C=O) groups excluding carboxylic acids is 2. The fourth-order valence-corrected chi connectivity index (χ4v) is 3.10. The van der Waals surface area contributed by atoms with E-state index in [9.17, 15) is 24.2 Å². The number of nitrogens with zero attached hydrogens (tertiary/aromatic N) is 1. The molecule has 1 heterocycles. The molecule has 1 fully saturated rings. The molecule has 0 spiro atoms. The Morgan fingerprint density at radius 3 is 2.27 bits per heavy atom. The van der Waals surface area contributed by atoms with E-state index >= 15 is 0 Å². The summed E-state index contributed by atoms with van der Waals surface area (Å²) in [5, 5.41) is 20.4. The second-order valence-corrected chi connectivity index (χ2v) is 6.21. The van der Waals surface area contributed by atoms with E-state index < -0.39 is 23.5 Å². The molecule has 26 heavy (non-hydrogen) atoms. The first-order chi connectivity index (χ1) is 12.4. The third kappa shape index (κ3) is 3.21. The minimum Gasteiger partial charge on any atom is -0.507 e. The van der Waals surface area contributed by atoms with Crippen molar-refractivity contribution in [2.24, 2.45) is 0 Å². The van der Waals surface area contributed by atoms with Gasteiger partial charge in [0.15, 0.2) is 0 Å². The number of likely N-dealkylation sites (tertiary alicyclic amines) is 1. The Morgan fingerprint density at radius 1 is 1.08 bits per heavy atom. The van der Waals surface area contributed by atoms with Crippen molar-refractivity contribution in [3.63, 3.8) is 0 Å². The number of aliphatic hydroxyl groups excluding tert-OH is 2. The molecular formula is C19H15ClFNO4. The summed E-state index contributed by atoms with van der Waals surface area (Å²) < 4.78 is 13.3. The molecule has 0 aromatic heterocycles. The van der Waals surface area contributed by atoms with Gasteiger partial charge in [0.2, 0.25) is 0 Å². The van der Waals surface area contributed by atoms with Crippen LogP contribution in [0.4, 0.5) is 4.39 Å². The molecule has 0 saturated carbocycles. The van der Waals surface area contributed by atoms with Gasteiger partial charge in [0, 0.05) is 17.1 Å². The first-order valence-corrected chi connectivity index (χ1v) is 8.22. The van der Waals surface area contributed by atoms with Crippen molar-refractivity contribution in [3.05, 3.63) is 76.1 Å². The molecule has 0 aliphatic carbocycles. The number of hydrogen-bond donors (Lipinski definition) is 2. The highest BCUT2D eigenvalue weighted by atomic mass is 35.5. The molecule has 1 saturated heterocycles. The van der Waals surface area contributed by atoms with E-state index in [2.05, 4.69) is 0 Å². The van der Waals surface area contributed by atoms with Gasteiger partial charge in [-0.3, -0.25) is 9.59 Å². The van der Waals surface area contributed by atoms with Crippen LogP contribution in [-0.2, 0) is 9.59 Å². The molecular weight excluding hydrogens is 361 g/mol. The van der Waals surface area contributed by atoms with Crippen molar-refractivity contribution in [3.8, 4) is 0 Å². The highest BCUT2D eigenvalue weighted by Gasteiger charge is 2.45. The summed E-state index contributed by atoms with van der Waals surface area (Å²) in [6.07, 6.45) is 0. The van der Waals surface area contributed by atoms with E-state index in [1.165, 1.54) is 36.4 Å². The van der Waals surface area contributed by atoms with E-state index in [1.54, 1.807) is 12.1 Å². The number of benzene rings is 2. The summed E-state index contributed by atoms with van der Waals surface area (Å²) in [5.41, 5.74) is 0.662. The quantitative estimate of drug-likeness (QED) is 0.489. The van der Waals surface area contributed by atoms with Gasteiger partial charge in [0.05, 0.1) is 18.2 Å². The highest BCUT2D eigenvalue weighted by molar-refractivity contribution is 6.46. The van der Waals surface area contributed by atoms with Gasteiger partial charge in [0.1, 0.15) is 11.6 Å². The average molecular weight is 376 g/mol. The van der Waals surface area contributed by atoms with Gasteiger partial charge >= 0.3 is 0 Å². The van der Waals surface area contributed by atoms with E-state index in [0.29, 0.717) is 16.1 Å². The second-order valence-electron chi connectivity index (χ2n) is 5.77. The number of carbonyl (C=O) groups is 2. The molecule has 134 valence electrons. The topological polar surface area (TPSA) is 77.8 Å². The van der Waals surface area contributed by atoms with Crippen molar-refractivity contribution in [1.82, 2.24) is 4.90 Å². The summed E-state index contributed by atoms with van der Waals surface area (Å²) in [6.45, 7) is -0.449. The third-order valence-corrected chi connectivity index (χ3v) is 4.44. The molecule has 2 N–H and O–H groups in total. The summed E-state index contributed by atoms with van der Waals surface area (Å²) in [4.78, 5) is 26.1. The van der Waals surface area contributed by atoms with Crippen LogP contribution in [0.15, 0.2) is 54.1 Å². The molecule has 2 aromatic rings. The van der Waals surface area contributed by atoms with Gasteiger partial charge in [-0.1, -0.05) is 23.7 Å². The van der Waals surface area contributed by atoms with Crippen molar-refractivity contribution >= 4 is 29.1 Å². The van der Waals surface area contributed by atoms with Gasteiger partial charge in [-0.05, 0) is 42.0 Å². The Kier molecular flexibility index (Phi) is 5.06. The lowest BCUT2D eigenvalue weighted by atomic mass is 9.95. The summed E-state index contributed by atoms with van der Waals surface area (Å²) >= 11 is 5.84. The molecule has 1 amide bonds. The Bertz CT molecular complexity index is 877. The van der Waals surface area contributed by atoms with Crippen LogP contribution in [0.25, 0.3) is 5.76 Å². The van der Waals surface area contributed by atoms with E-state index in [-0.39, 0.29) is 24.5 Å². The van der Waals surface area contributed by atoms with Crippen LogP contribution >= 0.6 is 11.6 Å². The molecule has 5 nitrogen and oxygen atoms in total. The van der Waals surface area contributed by atoms with Gasteiger partial charge in [-0.25, -0.2) is 4.39 Å². The number of amides is 1. The molecule has 1 aliphatic heterocycles. The van der Waals surface area contributed by atoms with Crippen LogP contribution in [0.1, 0.15) is 17.2 Å². The fraction of sp³-hybridized carbons (Fsp3) is 0.158. The zero-order valence-corrected chi connectivity index (χ0v) is 14.3. The molecule has 0 radical (unpaired) electrons. The van der Waals surface area contributed by atoms with Gasteiger partial charge in [-0.15, -0.1) is 0 Å². The van der Waals surface area contributed by atoms with Crippen LogP contribution in [0.5, 0.6) is 0 Å². The first kappa shape index (κ1) is 18.1. The number of ketones is 1. The Hall–Kier alpha value is -2.70. The van der Waals surface area contributed by atoms with Crippen LogP contribution in [0, 0.1) is 5.82 Å². The number of rotatable bonds is 4. The number of halogens is 2. The van der Waals surface area contributed by atoms with Crippen LogP contribution in [-0.4, -0.2) is 40.0 Å². The van der Waals surface area contributed by atoms with Gasteiger partial charge in [-0.2, -0.15) is 0 Å². The van der Waals surface area contributed by atoms with Gasteiger partial charge in [0.25, 0.3) is 11.7 Å². The lowest BCUT2D eigenvalue weighted by molar-refractivity contribution is -0.140. The predicted molar refractivity (Wildman–Crippen MR) is 93.9 cm³/mol. The smallest absolute Gasteiger partial charge is 0.295 e. The van der Waals surface area contributed by atoms with Crippen LogP contribution in [0.3, 0.4) is 0 Å². The minimum absolute atomic E-state index is 0.0932. The Labute approximate surface area is 153 Å². The van der Waals surface area contributed by atoms with Crippen molar-refractivity contribution in [1.29, 1.82) is 0 Å². The summed E-state index contributed by atoms with van der Waals surface area (Å²) in [7, 11) is 0. The zero-order valence-electron chi connectivity index (χ0n) is 13.5. The number of Topliss-reactive ketones (excluding diaryl/α,β-unsaturated/α-hetero) is 1. The predicted octanol–water partition coefficient (Wildman–Crippen LogP) is 2.89. The molecule has 0 bridgehead atoms. The number of β-amino-alcohol motifs (C(OH)–C–C–N with tert-alkyl or cyclic N) is 1.